The number of rotatable bonds is 6. The zero-order valence-corrected chi connectivity index (χ0v) is 15.1. The van der Waals surface area contributed by atoms with E-state index in [-0.39, 0.29) is 19.9 Å². The van der Waals surface area contributed by atoms with Gasteiger partial charge in [0.15, 0.2) is 0 Å². The maximum atomic E-state index is 12.3. The maximum Gasteiger partial charge on any atom is 0.407 e. The Kier molecular flexibility index (Phi) is 7.73. The lowest BCUT2D eigenvalue weighted by Crippen LogP contribution is -2.23. The monoisotopic (exact) mass is 392 g/mol. The van der Waals surface area contributed by atoms with Crippen LogP contribution < -0.4 is 16.4 Å². The Balaban J connectivity index is 0.00000300. The number of pyridine rings is 1. The van der Waals surface area contributed by atoms with Crippen LogP contribution in [0.5, 0.6) is 0 Å². The highest BCUT2D eigenvalue weighted by Crippen LogP contribution is 2.18. The number of nitrogens with two attached hydrogens (primary N) is 1. The lowest BCUT2D eigenvalue weighted by molar-refractivity contribution is 0.102. The molecule has 0 unspecified atom stereocenters. The quantitative estimate of drug-likeness (QED) is 0.550. The van der Waals surface area contributed by atoms with Gasteiger partial charge in [-0.05, 0) is 35.9 Å². The van der Waals surface area contributed by atoms with Crippen LogP contribution in [0.2, 0.25) is 0 Å². The van der Waals surface area contributed by atoms with E-state index < -0.39 is 6.09 Å². The number of ether oxygens (including phenoxy) is 1. The number of alkyl carbamates (subject to hydrolysis) is 1. The molecule has 0 aliphatic heterocycles. The molecule has 4 N–H and O–H groups in total. The molecule has 1 heterocycles. The van der Waals surface area contributed by atoms with Crippen molar-refractivity contribution in [3.8, 4) is 0 Å². The van der Waals surface area contributed by atoms with E-state index in [4.69, 9.17) is 10.5 Å². The van der Waals surface area contributed by atoms with Crippen molar-refractivity contribution in [1.29, 1.82) is 0 Å². The highest BCUT2D eigenvalue weighted by Gasteiger charge is 2.08. The maximum absolute atomic E-state index is 12.3. The molecule has 0 aliphatic rings. The molecule has 2 amide bonds. The van der Waals surface area contributed by atoms with E-state index in [1.165, 1.54) is 0 Å². The molecule has 0 spiro atoms. The first kappa shape index (κ1) is 21.4. The summed E-state index contributed by atoms with van der Waals surface area (Å²) in [4.78, 5) is 28.0. The number of benzene rings is 2. The van der Waals surface area contributed by atoms with E-state index in [1.54, 1.807) is 67.0 Å². The number of amides is 2. The van der Waals surface area contributed by atoms with Gasteiger partial charge in [-0.3, -0.25) is 9.78 Å². The van der Waals surface area contributed by atoms with Crippen molar-refractivity contribution in [2.24, 2.45) is 0 Å². The van der Waals surface area contributed by atoms with Crippen molar-refractivity contribution in [2.75, 3.05) is 11.1 Å². The second-order valence-corrected chi connectivity index (χ2v) is 6.03. The lowest BCUT2D eigenvalue weighted by atomic mass is 10.1. The predicted molar refractivity (Wildman–Crippen MR) is 113 cm³/mol. The molecule has 7 heteroatoms. The van der Waals surface area contributed by atoms with Crippen LogP contribution in [-0.4, -0.2) is 17.0 Å². The molecule has 0 fully saturated rings. The third-order valence-electron chi connectivity index (χ3n) is 3.95. The highest BCUT2D eigenvalue weighted by molar-refractivity contribution is 6.05. The first-order chi connectivity index (χ1) is 13.6. The Hall–Kier alpha value is -3.87. The van der Waals surface area contributed by atoms with Gasteiger partial charge in [-0.15, -0.1) is 0 Å². The van der Waals surface area contributed by atoms with Gasteiger partial charge in [0.05, 0.1) is 11.4 Å². The van der Waals surface area contributed by atoms with Crippen molar-refractivity contribution < 1.29 is 14.3 Å². The van der Waals surface area contributed by atoms with Gasteiger partial charge in [-0.25, -0.2) is 4.79 Å². The Labute approximate surface area is 169 Å². The van der Waals surface area contributed by atoms with Gasteiger partial charge < -0.3 is 21.1 Å². The van der Waals surface area contributed by atoms with Crippen LogP contribution >= 0.6 is 0 Å². The third-order valence-corrected chi connectivity index (χ3v) is 3.95. The van der Waals surface area contributed by atoms with E-state index in [0.717, 1.165) is 11.1 Å². The summed E-state index contributed by atoms with van der Waals surface area (Å²) >= 11 is 0. The summed E-state index contributed by atoms with van der Waals surface area (Å²) < 4.78 is 5.12. The van der Waals surface area contributed by atoms with E-state index in [0.29, 0.717) is 23.5 Å². The molecule has 3 rings (SSSR count). The van der Waals surface area contributed by atoms with E-state index in [1.807, 2.05) is 6.07 Å². The summed E-state index contributed by atoms with van der Waals surface area (Å²) in [7, 11) is 0. The summed E-state index contributed by atoms with van der Waals surface area (Å²) in [6, 6.07) is 17.6. The van der Waals surface area contributed by atoms with Crippen molar-refractivity contribution in [3.05, 3.63) is 89.7 Å². The molecule has 1 aromatic heterocycles. The van der Waals surface area contributed by atoms with Crippen molar-refractivity contribution in [2.45, 2.75) is 20.6 Å². The van der Waals surface area contributed by atoms with Crippen LogP contribution in [-0.2, 0) is 17.9 Å². The molecule has 0 saturated heterocycles. The van der Waals surface area contributed by atoms with Gasteiger partial charge >= 0.3 is 6.09 Å². The Morgan fingerprint density at radius 3 is 2.41 bits per heavy atom. The average Bonchev–Trinajstić information content (AvgIpc) is 2.73. The third kappa shape index (κ3) is 6.35. The smallest absolute Gasteiger partial charge is 0.407 e. The van der Waals surface area contributed by atoms with Crippen LogP contribution in [0.1, 0.15) is 28.9 Å². The van der Waals surface area contributed by atoms with Gasteiger partial charge in [0.1, 0.15) is 6.61 Å². The first-order valence-corrected chi connectivity index (χ1v) is 8.66. The van der Waals surface area contributed by atoms with Crippen molar-refractivity contribution >= 4 is 23.4 Å². The normalized spacial score (nSPS) is 9.79. The molecule has 2 aromatic carbocycles. The van der Waals surface area contributed by atoms with E-state index in [2.05, 4.69) is 15.6 Å². The van der Waals surface area contributed by atoms with E-state index >= 15 is 0 Å². The Morgan fingerprint density at radius 2 is 1.72 bits per heavy atom. The van der Waals surface area contributed by atoms with Gasteiger partial charge in [-0.1, -0.05) is 37.8 Å². The van der Waals surface area contributed by atoms with Gasteiger partial charge in [0.2, 0.25) is 0 Å². The number of nitrogens with one attached hydrogen (secondary N) is 2. The zero-order chi connectivity index (χ0) is 19.8. The largest absolute Gasteiger partial charge is 0.445 e. The van der Waals surface area contributed by atoms with Gasteiger partial charge in [-0.2, -0.15) is 0 Å². The summed E-state index contributed by atoms with van der Waals surface area (Å²) in [6.07, 6.45) is 2.77. The number of anilines is 2. The van der Waals surface area contributed by atoms with Crippen molar-refractivity contribution in [1.82, 2.24) is 10.3 Å². The van der Waals surface area contributed by atoms with Crippen LogP contribution in [0, 0.1) is 0 Å². The second kappa shape index (κ2) is 10.5. The topological polar surface area (TPSA) is 106 Å². The minimum absolute atomic E-state index is 0. The van der Waals surface area contributed by atoms with E-state index in [9.17, 15) is 9.59 Å². The predicted octanol–water partition coefficient (Wildman–Crippen LogP) is 3.98. The summed E-state index contributed by atoms with van der Waals surface area (Å²) in [6.45, 7) is 0.445. The van der Waals surface area contributed by atoms with Crippen LogP contribution in [0.3, 0.4) is 0 Å². The highest BCUT2D eigenvalue weighted by atomic mass is 16.5. The fourth-order valence-electron chi connectivity index (χ4n) is 2.44. The second-order valence-electron chi connectivity index (χ2n) is 6.03. The number of carbonyl (C=O) groups is 2. The number of nitrogen functional groups attached to an aromatic ring is 1. The average molecular weight is 392 g/mol. The number of aromatic nitrogens is 1. The fourth-order valence-corrected chi connectivity index (χ4v) is 2.44. The standard InChI is InChI=1S/C21H20N4O3.CH4/c22-18-5-1-2-6-19(18)25-20(26)17-9-7-15(8-10-17)13-24-21(27)28-14-16-4-3-11-23-12-16;/h1-12H,13-14,22H2,(H,24,27)(H,25,26);1H4. The fraction of sp³-hybridized carbons (Fsp3) is 0.136. The number of hydrogen-bond donors (Lipinski definition) is 3. The molecule has 150 valence electrons. The van der Waals surface area contributed by atoms with Crippen LogP contribution in [0.15, 0.2) is 73.1 Å². The molecule has 29 heavy (non-hydrogen) atoms. The SMILES string of the molecule is C.Nc1ccccc1NC(=O)c1ccc(CNC(=O)OCc2cccnc2)cc1. The number of para-hydroxylation sites is 2. The summed E-state index contributed by atoms with van der Waals surface area (Å²) in [5, 5.41) is 5.44. The Bertz CT molecular complexity index is 944. The number of hydrogen-bond acceptors (Lipinski definition) is 5. The van der Waals surface area contributed by atoms with Crippen LogP contribution in [0.25, 0.3) is 0 Å². The first-order valence-electron chi connectivity index (χ1n) is 8.66. The summed E-state index contributed by atoms with van der Waals surface area (Å²) in [5.74, 6) is -0.256. The zero-order valence-electron chi connectivity index (χ0n) is 15.1. The molecule has 0 saturated carbocycles. The summed E-state index contributed by atoms with van der Waals surface area (Å²) in [5.41, 5.74) is 9.04. The molecular formula is C22H24N4O3. The number of carbonyl (C=O) groups excluding carboxylic acids is 2. The molecule has 0 radical (unpaired) electrons. The molecule has 0 aliphatic carbocycles. The minimum Gasteiger partial charge on any atom is -0.445 e. The molecule has 0 bridgehead atoms. The minimum atomic E-state index is -0.523. The molecule has 0 atom stereocenters. The Morgan fingerprint density at radius 1 is 0.966 bits per heavy atom. The molecule has 7 nitrogen and oxygen atoms in total. The van der Waals surface area contributed by atoms with Crippen molar-refractivity contribution in [3.63, 3.8) is 0 Å². The van der Waals surface area contributed by atoms with Crippen LogP contribution in [0.4, 0.5) is 16.2 Å². The van der Waals surface area contributed by atoms with Gasteiger partial charge in [0, 0.05) is 30.1 Å². The molecular weight excluding hydrogens is 368 g/mol. The molecule has 3 aromatic rings. The lowest BCUT2D eigenvalue weighted by Gasteiger charge is -2.09. The van der Waals surface area contributed by atoms with Gasteiger partial charge in [0.25, 0.3) is 5.91 Å². The number of nitrogens with zero attached hydrogens (tertiary/aromatic N) is 1.